The van der Waals surface area contributed by atoms with Crippen molar-refractivity contribution in [3.05, 3.63) is 144 Å². The number of rotatable bonds is 4. The number of aliphatic imine (C=N–C) groups is 1. The summed E-state index contributed by atoms with van der Waals surface area (Å²) < 4.78 is 6.20. The highest BCUT2D eigenvalue weighted by Crippen LogP contribution is 2.39. The summed E-state index contributed by atoms with van der Waals surface area (Å²) in [5.41, 5.74) is 7.46. The lowest BCUT2D eigenvalue weighted by atomic mass is 9.93. The van der Waals surface area contributed by atoms with Crippen LogP contribution in [0, 0.1) is 0 Å². The molecule has 1 aliphatic rings. The molecule has 0 bridgehead atoms. The highest BCUT2D eigenvalue weighted by molar-refractivity contribution is 6.12. The fourth-order valence-corrected chi connectivity index (χ4v) is 5.26. The molecule has 0 radical (unpaired) electrons. The van der Waals surface area contributed by atoms with E-state index in [1.165, 1.54) is 0 Å². The molecule has 2 N–H and O–H groups in total. The van der Waals surface area contributed by atoms with Crippen LogP contribution in [0.1, 0.15) is 29.0 Å². The van der Waals surface area contributed by atoms with E-state index in [9.17, 15) is 0 Å². The highest BCUT2D eigenvalue weighted by atomic mass is 16.3. The molecule has 6 aromatic rings. The van der Waals surface area contributed by atoms with Gasteiger partial charge in [0.1, 0.15) is 29.3 Å². The minimum atomic E-state index is -0.179. The van der Waals surface area contributed by atoms with Crippen LogP contribution in [0.15, 0.2) is 137 Å². The molecule has 2 atom stereocenters. The first-order valence-corrected chi connectivity index (χ1v) is 12.6. The van der Waals surface area contributed by atoms with E-state index in [-0.39, 0.29) is 12.3 Å². The summed E-state index contributed by atoms with van der Waals surface area (Å²) >= 11 is 0. The van der Waals surface area contributed by atoms with Crippen LogP contribution >= 0.6 is 0 Å². The van der Waals surface area contributed by atoms with Crippen LogP contribution in [0.5, 0.6) is 0 Å². The third-order valence-corrected chi connectivity index (χ3v) is 6.99. The standard InChI is InChI=1S/C33H25N3O/c1-3-12-22(13-4-1)31-34-32(23-14-5-2-6-15-23)36-33(35-31)26-17-8-7-16-24(26)25-19-11-21-29-30(25)27-18-9-10-20-28(27)37-29/h1-21,31,33,35H,(H,34,36). The van der Waals surface area contributed by atoms with Gasteiger partial charge in [-0.25, -0.2) is 4.99 Å². The number of para-hydroxylation sites is 1. The number of nitrogens with zero attached hydrogens (tertiary/aromatic N) is 1. The first-order chi connectivity index (χ1) is 18.3. The van der Waals surface area contributed by atoms with Gasteiger partial charge in [0, 0.05) is 16.3 Å². The normalized spacial score (nSPS) is 17.5. The predicted molar refractivity (Wildman–Crippen MR) is 150 cm³/mol. The van der Waals surface area contributed by atoms with Gasteiger partial charge in [0.05, 0.1) is 0 Å². The van der Waals surface area contributed by atoms with E-state index >= 15 is 0 Å². The van der Waals surface area contributed by atoms with E-state index in [0.29, 0.717) is 0 Å². The minimum absolute atomic E-state index is 0.150. The lowest BCUT2D eigenvalue weighted by Gasteiger charge is -2.33. The lowest BCUT2D eigenvalue weighted by molar-refractivity contribution is 0.409. The summed E-state index contributed by atoms with van der Waals surface area (Å²) in [5.74, 6) is 0.875. The quantitative estimate of drug-likeness (QED) is 0.274. The highest BCUT2D eigenvalue weighted by Gasteiger charge is 2.27. The van der Waals surface area contributed by atoms with Crippen molar-refractivity contribution >= 4 is 27.8 Å². The number of nitrogens with one attached hydrogen (secondary N) is 2. The molecule has 7 rings (SSSR count). The number of fused-ring (bicyclic) bond motifs is 3. The van der Waals surface area contributed by atoms with Crippen LogP contribution in [0.25, 0.3) is 33.1 Å². The lowest BCUT2D eigenvalue weighted by Crippen LogP contribution is -2.45. The minimum Gasteiger partial charge on any atom is -0.456 e. The fraction of sp³-hybridized carbons (Fsp3) is 0.0606. The summed E-state index contributed by atoms with van der Waals surface area (Å²) in [6.45, 7) is 0. The van der Waals surface area contributed by atoms with E-state index in [4.69, 9.17) is 9.41 Å². The zero-order chi connectivity index (χ0) is 24.6. The van der Waals surface area contributed by atoms with Crippen molar-refractivity contribution in [2.24, 2.45) is 4.99 Å². The van der Waals surface area contributed by atoms with E-state index < -0.39 is 0 Å². The third kappa shape index (κ3) is 3.88. The van der Waals surface area contributed by atoms with Gasteiger partial charge < -0.3 is 9.73 Å². The molecular weight excluding hydrogens is 454 g/mol. The second-order valence-electron chi connectivity index (χ2n) is 9.27. The molecule has 4 heteroatoms. The average molecular weight is 480 g/mol. The maximum absolute atomic E-state index is 6.20. The molecule has 2 heterocycles. The Balaban J connectivity index is 1.38. The van der Waals surface area contributed by atoms with Gasteiger partial charge >= 0.3 is 0 Å². The van der Waals surface area contributed by atoms with Gasteiger partial charge in [-0.05, 0) is 34.4 Å². The number of furan rings is 1. The van der Waals surface area contributed by atoms with E-state index in [0.717, 1.165) is 55.6 Å². The Bertz CT molecular complexity index is 1740. The average Bonchev–Trinajstić information content (AvgIpc) is 3.37. The topological polar surface area (TPSA) is 49.6 Å². The zero-order valence-corrected chi connectivity index (χ0v) is 20.1. The Morgan fingerprint density at radius 2 is 1.27 bits per heavy atom. The molecule has 0 saturated heterocycles. The Labute approximate surface area is 215 Å². The van der Waals surface area contributed by atoms with Gasteiger partial charge in [-0.15, -0.1) is 0 Å². The molecule has 0 aliphatic carbocycles. The molecule has 1 aliphatic heterocycles. The second kappa shape index (κ2) is 9.08. The summed E-state index contributed by atoms with van der Waals surface area (Å²) in [4.78, 5) is 5.06. The Morgan fingerprint density at radius 3 is 2.14 bits per heavy atom. The zero-order valence-electron chi connectivity index (χ0n) is 20.1. The predicted octanol–water partition coefficient (Wildman–Crippen LogP) is 7.59. The van der Waals surface area contributed by atoms with Crippen LogP contribution in [-0.2, 0) is 0 Å². The van der Waals surface area contributed by atoms with Crippen LogP contribution < -0.4 is 10.6 Å². The monoisotopic (exact) mass is 479 g/mol. The first-order valence-electron chi connectivity index (χ1n) is 12.6. The molecule has 178 valence electrons. The molecule has 5 aromatic carbocycles. The summed E-state index contributed by atoms with van der Waals surface area (Å²) in [6.07, 6.45) is -0.330. The van der Waals surface area contributed by atoms with Crippen LogP contribution in [0.3, 0.4) is 0 Å². The SMILES string of the molecule is c1ccc(C2=NC(c3ccccc3)NC(c3ccccc3-c3cccc4oc5ccccc5c34)N2)cc1. The first kappa shape index (κ1) is 21.6. The van der Waals surface area contributed by atoms with Crippen molar-refractivity contribution in [1.29, 1.82) is 0 Å². The summed E-state index contributed by atoms with van der Waals surface area (Å²) in [5, 5.41) is 9.71. The molecule has 1 aromatic heterocycles. The molecular formula is C33H25N3O. The number of benzene rings is 5. The van der Waals surface area contributed by atoms with Gasteiger partial charge in [-0.2, -0.15) is 0 Å². The largest absolute Gasteiger partial charge is 0.456 e. The maximum atomic E-state index is 6.20. The Hall–Kier alpha value is -4.67. The van der Waals surface area contributed by atoms with Gasteiger partial charge in [-0.1, -0.05) is 115 Å². The van der Waals surface area contributed by atoms with E-state index in [1.54, 1.807) is 0 Å². The van der Waals surface area contributed by atoms with Gasteiger partial charge in [0.25, 0.3) is 0 Å². The van der Waals surface area contributed by atoms with Gasteiger partial charge in [0.15, 0.2) is 0 Å². The van der Waals surface area contributed by atoms with Crippen molar-refractivity contribution in [2.45, 2.75) is 12.3 Å². The van der Waals surface area contributed by atoms with E-state index in [2.05, 4.69) is 95.6 Å². The van der Waals surface area contributed by atoms with Crippen LogP contribution in [-0.4, -0.2) is 5.84 Å². The summed E-state index contributed by atoms with van der Waals surface area (Å²) in [6, 6.07) is 43.9. The van der Waals surface area contributed by atoms with Crippen LogP contribution in [0.2, 0.25) is 0 Å². The van der Waals surface area contributed by atoms with Crippen LogP contribution in [0.4, 0.5) is 0 Å². The van der Waals surface area contributed by atoms with Gasteiger partial charge in [-0.3, -0.25) is 5.32 Å². The number of hydrogen-bond acceptors (Lipinski definition) is 4. The Kier molecular flexibility index (Phi) is 5.30. The molecule has 37 heavy (non-hydrogen) atoms. The molecule has 0 fully saturated rings. The van der Waals surface area contributed by atoms with E-state index in [1.807, 2.05) is 42.5 Å². The number of amidine groups is 1. The summed E-state index contributed by atoms with van der Waals surface area (Å²) in [7, 11) is 0. The van der Waals surface area contributed by atoms with Gasteiger partial charge in [0.2, 0.25) is 0 Å². The van der Waals surface area contributed by atoms with Crippen molar-refractivity contribution in [3.63, 3.8) is 0 Å². The molecule has 0 saturated carbocycles. The van der Waals surface area contributed by atoms with Crippen molar-refractivity contribution in [2.75, 3.05) is 0 Å². The number of hydrogen-bond donors (Lipinski definition) is 2. The third-order valence-electron chi connectivity index (χ3n) is 6.99. The molecule has 4 nitrogen and oxygen atoms in total. The second-order valence-corrected chi connectivity index (χ2v) is 9.27. The fourth-order valence-electron chi connectivity index (χ4n) is 5.26. The molecule has 2 unspecified atom stereocenters. The maximum Gasteiger partial charge on any atom is 0.136 e. The van der Waals surface area contributed by atoms with Crippen molar-refractivity contribution in [3.8, 4) is 11.1 Å². The molecule has 0 spiro atoms. The smallest absolute Gasteiger partial charge is 0.136 e. The Morgan fingerprint density at radius 1 is 0.595 bits per heavy atom. The molecule has 0 amide bonds. The van der Waals surface area contributed by atoms with Crippen molar-refractivity contribution in [1.82, 2.24) is 10.6 Å². The van der Waals surface area contributed by atoms with Crippen molar-refractivity contribution < 1.29 is 4.42 Å².